The summed E-state index contributed by atoms with van der Waals surface area (Å²) in [5, 5.41) is 10.5. The Hall–Kier alpha value is 0.210. The molecule has 65 valence electrons. The Morgan fingerprint density at radius 3 is 3.00 bits per heavy atom. The fraction of sp³-hybridized carbons (Fsp3) is 1.00. The molecule has 0 aromatic rings. The molecule has 0 N–H and O–H groups in total. The summed E-state index contributed by atoms with van der Waals surface area (Å²) in [6, 6.07) is 0. The average molecular weight is 177 g/mol. The number of hydrogen-bond donors (Lipinski definition) is 0. The van der Waals surface area contributed by atoms with Crippen molar-refractivity contribution < 1.29 is 5.11 Å². The van der Waals surface area contributed by atoms with Crippen LogP contribution in [0.15, 0.2) is 0 Å². The molecule has 11 heavy (non-hydrogen) atoms. The van der Waals surface area contributed by atoms with E-state index in [9.17, 15) is 5.11 Å². The van der Waals surface area contributed by atoms with E-state index in [1.54, 1.807) is 0 Å². The lowest BCUT2D eigenvalue weighted by Gasteiger charge is -2.29. The van der Waals surface area contributed by atoms with Gasteiger partial charge in [0.05, 0.1) is 6.61 Å². The fourth-order valence-corrected chi connectivity index (χ4v) is 1.84. The zero-order chi connectivity index (χ0) is 8.10. The molecule has 1 aliphatic heterocycles. The van der Waals surface area contributed by atoms with Gasteiger partial charge in [0.25, 0.3) is 0 Å². The molecule has 0 aromatic heterocycles. The number of rotatable bonds is 3. The number of hydrogen-bond acceptors (Lipinski definition) is 1. The molecule has 1 saturated heterocycles. The van der Waals surface area contributed by atoms with Crippen LogP contribution in [0.25, 0.3) is 0 Å². The molecule has 1 atom stereocenters. The van der Waals surface area contributed by atoms with Crippen LogP contribution in [0, 0.1) is 0 Å². The van der Waals surface area contributed by atoms with Gasteiger partial charge < -0.3 is 4.90 Å². The van der Waals surface area contributed by atoms with E-state index in [0.29, 0.717) is 5.38 Å². The summed E-state index contributed by atoms with van der Waals surface area (Å²) < 4.78 is 0. The normalized spacial score (nSPS) is 27.3. The monoisotopic (exact) mass is 176 g/mol. The van der Waals surface area contributed by atoms with Crippen LogP contribution in [0.2, 0.25) is 0 Å². The van der Waals surface area contributed by atoms with Crippen LogP contribution in [-0.4, -0.2) is 36.5 Å². The second-order valence-electron chi connectivity index (χ2n) is 3.10. The number of nitrogens with zero attached hydrogens (tertiary/aromatic N) is 1. The van der Waals surface area contributed by atoms with Crippen molar-refractivity contribution in [2.24, 2.45) is 0 Å². The Balaban J connectivity index is 2.12. The number of likely N-dealkylation sites (tertiary alicyclic amines) is 1. The van der Waals surface area contributed by atoms with E-state index in [1.165, 1.54) is 6.42 Å². The molecule has 3 heteroatoms. The molecular weight excluding hydrogens is 162 g/mol. The minimum Gasteiger partial charge on any atom is -0.302 e. The van der Waals surface area contributed by atoms with Crippen molar-refractivity contribution >= 4 is 11.6 Å². The van der Waals surface area contributed by atoms with E-state index >= 15 is 0 Å². The third kappa shape index (κ3) is 3.41. The summed E-state index contributed by atoms with van der Waals surface area (Å²) in [6.07, 6.45) is 3.09. The molecule has 0 amide bonds. The highest BCUT2D eigenvalue weighted by Crippen LogP contribution is 2.14. The summed E-state index contributed by atoms with van der Waals surface area (Å²) in [5.74, 6) is 0. The summed E-state index contributed by atoms with van der Waals surface area (Å²) in [6.45, 7) is 3.08. The first-order chi connectivity index (χ1) is 5.33. The maximum Gasteiger partial charge on any atom is 0.0834 e. The fourth-order valence-electron chi connectivity index (χ4n) is 1.49. The molecule has 0 bridgehead atoms. The highest BCUT2D eigenvalue weighted by atomic mass is 35.5. The summed E-state index contributed by atoms with van der Waals surface area (Å²) in [5.41, 5.74) is 0. The topological polar surface area (TPSA) is 23.1 Å². The van der Waals surface area contributed by atoms with Gasteiger partial charge in [-0.3, -0.25) is 0 Å². The number of alkyl halides is 1. The molecule has 2 nitrogen and oxygen atoms in total. The molecule has 1 unspecified atom stereocenters. The van der Waals surface area contributed by atoms with E-state index in [2.05, 4.69) is 4.90 Å². The minimum absolute atomic E-state index is 0.0451. The Labute approximate surface area is 73.1 Å². The zero-order valence-corrected chi connectivity index (χ0v) is 7.52. The summed E-state index contributed by atoms with van der Waals surface area (Å²) >= 11 is 5.97. The maximum absolute atomic E-state index is 10.2. The first kappa shape index (κ1) is 9.30. The number of piperidine rings is 1. The van der Waals surface area contributed by atoms with Gasteiger partial charge in [-0.1, -0.05) is 0 Å². The van der Waals surface area contributed by atoms with Gasteiger partial charge in [0, 0.05) is 18.5 Å². The van der Waals surface area contributed by atoms with Crippen LogP contribution in [0.5, 0.6) is 0 Å². The summed E-state index contributed by atoms with van der Waals surface area (Å²) in [7, 11) is 0. The lowest BCUT2D eigenvalue weighted by Crippen LogP contribution is -2.36. The molecule has 0 aliphatic carbocycles. The van der Waals surface area contributed by atoms with E-state index in [4.69, 9.17) is 11.6 Å². The zero-order valence-electron chi connectivity index (χ0n) is 6.76. The quantitative estimate of drug-likeness (QED) is 0.598. The molecular formula is C8H15ClNO. The first-order valence-corrected chi connectivity index (χ1v) is 4.71. The van der Waals surface area contributed by atoms with Gasteiger partial charge in [0.2, 0.25) is 0 Å². The average Bonchev–Trinajstić information content (AvgIpc) is 2.01. The van der Waals surface area contributed by atoms with Crippen LogP contribution < -0.4 is 0 Å². The van der Waals surface area contributed by atoms with Crippen LogP contribution in [0.3, 0.4) is 0 Å². The van der Waals surface area contributed by atoms with Gasteiger partial charge in [0.1, 0.15) is 0 Å². The molecule has 0 aromatic carbocycles. The lowest BCUT2D eigenvalue weighted by atomic mass is 10.1. The molecule has 0 saturated carbocycles. The van der Waals surface area contributed by atoms with Crippen molar-refractivity contribution in [1.82, 2.24) is 4.90 Å². The molecule has 1 fully saturated rings. The van der Waals surface area contributed by atoms with Crippen molar-refractivity contribution in [3.05, 3.63) is 0 Å². The summed E-state index contributed by atoms with van der Waals surface area (Å²) in [4.78, 5) is 2.29. The van der Waals surface area contributed by atoms with Crippen molar-refractivity contribution in [2.45, 2.75) is 24.6 Å². The minimum atomic E-state index is 0.0451. The number of halogens is 1. The van der Waals surface area contributed by atoms with Crippen molar-refractivity contribution in [2.75, 3.05) is 26.2 Å². The predicted molar refractivity (Wildman–Crippen MR) is 45.5 cm³/mol. The van der Waals surface area contributed by atoms with E-state index in [0.717, 1.165) is 32.5 Å². The maximum atomic E-state index is 10.2. The van der Waals surface area contributed by atoms with Gasteiger partial charge in [-0.05, 0) is 25.8 Å². The Bertz CT molecular complexity index is 110. The highest BCUT2D eigenvalue weighted by molar-refractivity contribution is 6.20. The van der Waals surface area contributed by atoms with Crippen molar-refractivity contribution in [1.29, 1.82) is 0 Å². The second-order valence-corrected chi connectivity index (χ2v) is 3.72. The molecule has 0 spiro atoms. The van der Waals surface area contributed by atoms with Gasteiger partial charge in [-0.2, -0.15) is 0 Å². The van der Waals surface area contributed by atoms with Gasteiger partial charge in [0.15, 0.2) is 0 Å². The van der Waals surface area contributed by atoms with Gasteiger partial charge >= 0.3 is 0 Å². The molecule has 1 aliphatic rings. The Kier molecular flexibility index (Phi) is 4.20. The van der Waals surface area contributed by atoms with Crippen molar-refractivity contribution in [3.8, 4) is 0 Å². The van der Waals surface area contributed by atoms with Crippen LogP contribution in [0.1, 0.15) is 19.3 Å². The molecule has 1 heterocycles. The standard InChI is InChI=1S/C8H15ClNO/c9-8-3-1-4-10(7-8)5-2-6-11/h8H,1-7H2. The Morgan fingerprint density at radius 2 is 2.36 bits per heavy atom. The Morgan fingerprint density at radius 1 is 1.55 bits per heavy atom. The van der Waals surface area contributed by atoms with Crippen LogP contribution >= 0.6 is 11.6 Å². The molecule has 1 rings (SSSR count). The van der Waals surface area contributed by atoms with Crippen LogP contribution in [0.4, 0.5) is 0 Å². The largest absolute Gasteiger partial charge is 0.302 e. The third-order valence-electron chi connectivity index (χ3n) is 2.07. The first-order valence-electron chi connectivity index (χ1n) is 4.27. The van der Waals surface area contributed by atoms with E-state index < -0.39 is 0 Å². The second kappa shape index (κ2) is 4.96. The SMILES string of the molecule is [O]CCCN1CCCC(Cl)C1. The van der Waals surface area contributed by atoms with Crippen LogP contribution in [-0.2, 0) is 5.11 Å². The lowest BCUT2D eigenvalue weighted by molar-refractivity contribution is 0.157. The van der Waals surface area contributed by atoms with Gasteiger partial charge in [-0.15, -0.1) is 11.6 Å². The highest BCUT2D eigenvalue weighted by Gasteiger charge is 2.16. The predicted octanol–water partition coefficient (Wildman–Crippen LogP) is 1.51. The smallest absolute Gasteiger partial charge is 0.0834 e. The van der Waals surface area contributed by atoms with Gasteiger partial charge in [-0.25, -0.2) is 5.11 Å². The molecule has 1 radical (unpaired) electrons. The van der Waals surface area contributed by atoms with Crippen molar-refractivity contribution in [3.63, 3.8) is 0 Å². The van der Waals surface area contributed by atoms with E-state index in [1.807, 2.05) is 0 Å². The third-order valence-corrected chi connectivity index (χ3v) is 2.42. The van der Waals surface area contributed by atoms with E-state index in [-0.39, 0.29) is 6.61 Å².